The molecule has 1 unspecified atom stereocenters. The zero-order valence-corrected chi connectivity index (χ0v) is 15.8. The quantitative estimate of drug-likeness (QED) is 0.892. The Morgan fingerprint density at radius 2 is 1.92 bits per heavy atom. The normalized spacial score (nSPS) is 18.5. The number of amides is 1. The summed E-state index contributed by atoms with van der Waals surface area (Å²) in [6.07, 6.45) is 4.44. The lowest BCUT2D eigenvalue weighted by Gasteiger charge is -2.32. The summed E-state index contributed by atoms with van der Waals surface area (Å²) < 4.78 is 27.2. The monoisotopic (exact) mass is 373 g/mol. The molecule has 0 spiro atoms. The number of hydrogen-bond donors (Lipinski definition) is 1. The lowest BCUT2D eigenvalue weighted by Crippen LogP contribution is -2.41. The number of pyridine rings is 1. The van der Waals surface area contributed by atoms with Gasteiger partial charge in [0.2, 0.25) is 10.0 Å². The van der Waals surface area contributed by atoms with Gasteiger partial charge in [-0.3, -0.25) is 4.79 Å². The number of rotatable bonds is 4. The van der Waals surface area contributed by atoms with Gasteiger partial charge in [0.05, 0.1) is 4.90 Å². The second-order valence-electron chi connectivity index (χ2n) is 6.66. The number of piperidine rings is 1. The van der Waals surface area contributed by atoms with Gasteiger partial charge in [0.15, 0.2) is 0 Å². The predicted molar refractivity (Wildman–Crippen MR) is 101 cm³/mol. The van der Waals surface area contributed by atoms with E-state index in [9.17, 15) is 13.2 Å². The SMILES string of the molecule is Cc1ccnc(NC(=O)c2ccc(S(=O)(=O)N3CCCCC3C)cc2)c1. The van der Waals surface area contributed by atoms with Crippen molar-refractivity contribution in [1.82, 2.24) is 9.29 Å². The summed E-state index contributed by atoms with van der Waals surface area (Å²) in [7, 11) is -3.53. The number of carbonyl (C=O) groups is 1. The van der Waals surface area contributed by atoms with Crippen molar-refractivity contribution in [2.45, 2.75) is 44.0 Å². The third-order valence-corrected chi connectivity index (χ3v) is 6.65. The van der Waals surface area contributed by atoms with Gasteiger partial charge in [0, 0.05) is 24.3 Å². The fourth-order valence-corrected chi connectivity index (χ4v) is 4.84. The number of hydrogen-bond acceptors (Lipinski definition) is 4. The molecule has 0 saturated carbocycles. The highest BCUT2D eigenvalue weighted by Crippen LogP contribution is 2.25. The van der Waals surface area contributed by atoms with Crippen molar-refractivity contribution >= 4 is 21.7 Å². The molecule has 6 nitrogen and oxygen atoms in total. The van der Waals surface area contributed by atoms with Gasteiger partial charge in [-0.05, 0) is 68.7 Å². The second-order valence-corrected chi connectivity index (χ2v) is 8.55. The summed E-state index contributed by atoms with van der Waals surface area (Å²) in [6, 6.07) is 9.68. The van der Waals surface area contributed by atoms with Gasteiger partial charge in [0.25, 0.3) is 5.91 Å². The van der Waals surface area contributed by atoms with Gasteiger partial charge in [-0.15, -0.1) is 0 Å². The third kappa shape index (κ3) is 3.94. The molecule has 26 heavy (non-hydrogen) atoms. The minimum Gasteiger partial charge on any atom is -0.307 e. The lowest BCUT2D eigenvalue weighted by atomic mass is 10.1. The Hall–Kier alpha value is -2.25. The van der Waals surface area contributed by atoms with Crippen molar-refractivity contribution in [2.75, 3.05) is 11.9 Å². The van der Waals surface area contributed by atoms with Crippen LogP contribution in [0.4, 0.5) is 5.82 Å². The average Bonchev–Trinajstić information content (AvgIpc) is 2.62. The maximum absolute atomic E-state index is 12.8. The first-order chi connectivity index (χ1) is 12.4. The lowest BCUT2D eigenvalue weighted by molar-refractivity contribution is 0.102. The smallest absolute Gasteiger partial charge is 0.256 e. The maximum Gasteiger partial charge on any atom is 0.256 e. The van der Waals surface area contributed by atoms with Gasteiger partial charge < -0.3 is 5.32 Å². The number of nitrogens with zero attached hydrogens (tertiary/aromatic N) is 2. The molecule has 1 aromatic heterocycles. The van der Waals surface area contributed by atoms with E-state index >= 15 is 0 Å². The number of aryl methyl sites for hydroxylation is 1. The van der Waals surface area contributed by atoms with Crippen LogP contribution < -0.4 is 5.32 Å². The first-order valence-electron chi connectivity index (χ1n) is 8.74. The fourth-order valence-electron chi connectivity index (χ4n) is 3.14. The van der Waals surface area contributed by atoms with Gasteiger partial charge in [0.1, 0.15) is 5.82 Å². The van der Waals surface area contributed by atoms with Crippen molar-refractivity contribution in [3.8, 4) is 0 Å². The summed E-state index contributed by atoms with van der Waals surface area (Å²) >= 11 is 0. The Morgan fingerprint density at radius 3 is 2.58 bits per heavy atom. The fraction of sp³-hybridized carbons (Fsp3) is 0.368. The number of carbonyl (C=O) groups excluding carboxylic acids is 1. The molecule has 0 aliphatic carbocycles. The first-order valence-corrected chi connectivity index (χ1v) is 10.2. The molecular formula is C19H23N3O3S. The summed E-state index contributed by atoms with van der Waals surface area (Å²) in [5, 5.41) is 2.72. The maximum atomic E-state index is 12.8. The van der Waals surface area contributed by atoms with Crippen LogP contribution in [0.1, 0.15) is 42.1 Å². The van der Waals surface area contributed by atoms with E-state index in [4.69, 9.17) is 0 Å². The first kappa shape index (κ1) is 18.5. The van der Waals surface area contributed by atoms with Crippen LogP contribution in [-0.4, -0.2) is 36.2 Å². The molecule has 7 heteroatoms. The van der Waals surface area contributed by atoms with Crippen LogP contribution in [0.15, 0.2) is 47.5 Å². The summed E-state index contributed by atoms with van der Waals surface area (Å²) in [6.45, 7) is 4.40. The van der Waals surface area contributed by atoms with E-state index in [0.717, 1.165) is 24.8 Å². The third-order valence-electron chi connectivity index (χ3n) is 4.62. The van der Waals surface area contributed by atoms with Crippen LogP contribution in [0, 0.1) is 6.92 Å². The Balaban J connectivity index is 1.76. The number of benzene rings is 1. The molecule has 1 aliphatic rings. The van der Waals surface area contributed by atoms with E-state index in [1.54, 1.807) is 16.6 Å². The van der Waals surface area contributed by atoms with Gasteiger partial charge >= 0.3 is 0 Å². The van der Waals surface area contributed by atoms with E-state index in [2.05, 4.69) is 10.3 Å². The average molecular weight is 373 g/mol. The molecule has 138 valence electrons. The molecule has 2 heterocycles. The van der Waals surface area contributed by atoms with Gasteiger partial charge in [-0.1, -0.05) is 6.42 Å². The Labute approximate surface area is 154 Å². The molecule has 1 N–H and O–H groups in total. The van der Waals surface area contributed by atoms with Crippen molar-refractivity contribution in [3.05, 3.63) is 53.7 Å². The summed E-state index contributed by atoms with van der Waals surface area (Å²) in [4.78, 5) is 16.6. The van der Waals surface area contributed by atoms with Crippen molar-refractivity contribution < 1.29 is 13.2 Å². The van der Waals surface area contributed by atoms with E-state index in [0.29, 0.717) is 17.9 Å². The molecule has 2 aromatic rings. The van der Waals surface area contributed by atoms with E-state index in [1.165, 1.54) is 24.3 Å². The van der Waals surface area contributed by atoms with Crippen LogP contribution in [0.25, 0.3) is 0 Å². The van der Waals surface area contributed by atoms with E-state index < -0.39 is 10.0 Å². The predicted octanol–water partition coefficient (Wildman–Crippen LogP) is 3.21. The number of aromatic nitrogens is 1. The molecule has 0 bridgehead atoms. The molecule has 1 aliphatic heterocycles. The van der Waals surface area contributed by atoms with Gasteiger partial charge in [-0.25, -0.2) is 13.4 Å². The van der Waals surface area contributed by atoms with Crippen molar-refractivity contribution in [1.29, 1.82) is 0 Å². The molecule has 1 saturated heterocycles. The highest BCUT2D eigenvalue weighted by Gasteiger charge is 2.30. The molecule has 0 radical (unpaired) electrons. The van der Waals surface area contributed by atoms with Crippen molar-refractivity contribution in [2.24, 2.45) is 0 Å². The highest BCUT2D eigenvalue weighted by molar-refractivity contribution is 7.89. The zero-order chi connectivity index (χ0) is 18.7. The Kier molecular flexibility index (Phi) is 5.38. The Bertz CT molecular complexity index is 895. The Morgan fingerprint density at radius 1 is 1.19 bits per heavy atom. The molecule has 1 amide bonds. The largest absolute Gasteiger partial charge is 0.307 e. The highest BCUT2D eigenvalue weighted by atomic mass is 32.2. The second kappa shape index (κ2) is 7.55. The van der Waals surface area contributed by atoms with Crippen LogP contribution in [-0.2, 0) is 10.0 Å². The number of anilines is 1. The number of nitrogens with one attached hydrogen (secondary N) is 1. The molecule has 1 atom stereocenters. The minimum atomic E-state index is -3.53. The van der Waals surface area contributed by atoms with Crippen molar-refractivity contribution in [3.63, 3.8) is 0 Å². The summed E-state index contributed by atoms with van der Waals surface area (Å²) in [5.41, 5.74) is 1.38. The van der Waals surface area contributed by atoms with Crippen LogP contribution in [0.3, 0.4) is 0 Å². The molecule has 1 aromatic carbocycles. The molecule has 1 fully saturated rings. The van der Waals surface area contributed by atoms with Gasteiger partial charge in [-0.2, -0.15) is 4.31 Å². The zero-order valence-electron chi connectivity index (χ0n) is 15.0. The van der Waals surface area contributed by atoms with Crippen LogP contribution in [0.2, 0.25) is 0 Å². The molecular weight excluding hydrogens is 350 g/mol. The van der Waals surface area contributed by atoms with Crippen LogP contribution >= 0.6 is 0 Å². The minimum absolute atomic E-state index is 0.00381. The van der Waals surface area contributed by atoms with E-state index in [1.807, 2.05) is 19.9 Å². The summed E-state index contributed by atoms with van der Waals surface area (Å²) in [5.74, 6) is 0.146. The van der Waals surface area contributed by atoms with E-state index in [-0.39, 0.29) is 16.8 Å². The van der Waals surface area contributed by atoms with Crippen LogP contribution in [0.5, 0.6) is 0 Å². The number of sulfonamides is 1. The molecule has 3 rings (SSSR count). The standard InChI is InChI=1S/C19H23N3O3S/c1-14-10-11-20-18(13-14)21-19(23)16-6-8-17(9-7-16)26(24,25)22-12-4-3-5-15(22)2/h6-11,13,15H,3-5,12H2,1-2H3,(H,20,21,23). The topological polar surface area (TPSA) is 79.4 Å².